The van der Waals surface area contributed by atoms with Crippen LogP contribution >= 0.6 is 15.6 Å². The number of nitrogens with two attached hydrogens (primary N) is 2. The Hall–Kier alpha value is -3.37. The molecule has 0 radical (unpaired) electrons. The second-order valence-corrected chi connectivity index (χ2v) is 13.1. The van der Waals surface area contributed by atoms with Crippen LogP contribution in [0.2, 0.25) is 0 Å². The number of aromatic amines is 1. The molecule has 0 saturated carbocycles. The second-order valence-electron chi connectivity index (χ2n) is 10.3. The van der Waals surface area contributed by atoms with Gasteiger partial charge in [-0.05, 0) is 6.07 Å². The first-order valence-electron chi connectivity index (χ1n) is 13.1. The minimum Gasteiger partial charge on any atom is -0.387 e. The van der Waals surface area contributed by atoms with Crippen LogP contribution in [0.25, 0.3) is 22.2 Å². The molecule has 0 amide bonds. The number of hydrogen-bond donors (Lipinski definition) is 7. The zero-order chi connectivity index (χ0) is 31.8. The second kappa shape index (κ2) is 10.9. The van der Waals surface area contributed by atoms with Crippen LogP contribution in [0.4, 0.5) is 11.8 Å². The van der Waals surface area contributed by atoms with Crippen LogP contribution in [0.3, 0.4) is 0 Å². The minimum atomic E-state index is -5.09. The van der Waals surface area contributed by atoms with E-state index in [4.69, 9.17) is 39.0 Å². The molecule has 9 N–H and O–H groups in total. The lowest BCUT2D eigenvalue weighted by Crippen LogP contribution is -2.36. The molecular weight excluding hydrogens is 648 g/mol. The molecule has 3 aliphatic heterocycles. The number of aliphatic hydroxyl groups excluding tert-OH is 2. The first kappa shape index (κ1) is 30.3. The Morgan fingerprint density at radius 2 is 1.58 bits per heavy atom. The number of aliphatic hydroxyl groups is 2. The summed E-state index contributed by atoms with van der Waals surface area (Å²) in [6.07, 6.45) is -8.76. The van der Waals surface area contributed by atoms with Crippen molar-refractivity contribution in [3.63, 3.8) is 0 Å². The summed E-state index contributed by atoms with van der Waals surface area (Å²) in [5.74, 6) is -0.206. The van der Waals surface area contributed by atoms with Gasteiger partial charge in [-0.15, -0.1) is 0 Å². The van der Waals surface area contributed by atoms with E-state index in [9.17, 15) is 33.9 Å². The number of nitrogen functional groups attached to an aromatic ring is 2. The van der Waals surface area contributed by atoms with E-state index in [0.717, 1.165) is 6.33 Å². The van der Waals surface area contributed by atoms with Crippen LogP contribution in [0, 0.1) is 0 Å². The normalized spacial score (nSPS) is 37.7. The molecule has 4 unspecified atom stereocenters. The molecule has 3 saturated heterocycles. The molecule has 10 atom stereocenters. The monoisotopic (exact) mass is 673 g/mol. The van der Waals surface area contributed by atoms with Gasteiger partial charge in [0.15, 0.2) is 29.6 Å². The van der Waals surface area contributed by atoms with Crippen LogP contribution in [-0.4, -0.2) is 104 Å². The molecule has 24 heteroatoms. The maximum Gasteiger partial charge on any atom is 0.472 e. The van der Waals surface area contributed by atoms with Gasteiger partial charge in [0, 0.05) is 6.20 Å². The highest BCUT2D eigenvalue weighted by molar-refractivity contribution is 7.47. The summed E-state index contributed by atoms with van der Waals surface area (Å²) in [4.78, 5) is 52.1. The number of phosphoric ester groups is 2. The van der Waals surface area contributed by atoms with Gasteiger partial charge in [0.25, 0.3) is 5.56 Å². The third kappa shape index (κ3) is 5.33. The molecule has 242 valence electrons. The maximum absolute atomic E-state index is 13.2. The largest absolute Gasteiger partial charge is 0.472 e. The third-order valence-electron chi connectivity index (χ3n) is 7.47. The summed E-state index contributed by atoms with van der Waals surface area (Å²) >= 11 is 0. The molecule has 2 bridgehead atoms. The van der Waals surface area contributed by atoms with Gasteiger partial charge < -0.3 is 45.5 Å². The highest BCUT2D eigenvalue weighted by atomic mass is 31.2. The van der Waals surface area contributed by atoms with Gasteiger partial charge in [0.2, 0.25) is 5.95 Å². The number of rotatable bonds is 2. The predicted molar refractivity (Wildman–Crippen MR) is 146 cm³/mol. The average Bonchev–Trinajstić information content (AvgIpc) is 3.72. The number of phosphoric acid groups is 2. The van der Waals surface area contributed by atoms with Crippen molar-refractivity contribution in [2.24, 2.45) is 0 Å². The molecular formula is C21H25N9O13P2. The molecule has 0 spiro atoms. The maximum atomic E-state index is 13.2. The van der Waals surface area contributed by atoms with Crippen molar-refractivity contribution in [1.29, 1.82) is 0 Å². The molecule has 3 aliphatic rings. The van der Waals surface area contributed by atoms with Crippen molar-refractivity contribution in [2.45, 2.75) is 49.1 Å². The lowest BCUT2D eigenvalue weighted by atomic mass is 10.1. The Bertz CT molecular complexity index is 1930. The zero-order valence-electron chi connectivity index (χ0n) is 22.5. The van der Waals surface area contributed by atoms with E-state index in [1.807, 2.05) is 0 Å². The van der Waals surface area contributed by atoms with Crippen molar-refractivity contribution in [3.05, 3.63) is 35.3 Å². The van der Waals surface area contributed by atoms with E-state index < -0.39 is 83.5 Å². The summed E-state index contributed by atoms with van der Waals surface area (Å²) in [5.41, 5.74) is 11.2. The Morgan fingerprint density at radius 3 is 2.33 bits per heavy atom. The van der Waals surface area contributed by atoms with E-state index in [2.05, 4.69) is 24.9 Å². The van der Waals surface area contributed by atoms with Crippen LogP contribution < -0.4 is 17.0 Å². The first-order chi connectivity index (χ1) is 21.3. The number of hydrogen-bond acceptors (Lipinski definition) is 17. The Labute approximate surface area is 249 Å². The van der Waals surface area contributed by atoms with E-state index in [1.165, 1.54) is 27.7 Å². The number of imidazole rings is 1. The van der Waals surface area contributed by atoms with Gasteiger partial charge in [0.1, 0.15) is 48.5 Å². The highest BCUT2D eigenvalue weighted by Gasteiger charge is 2.53. The molecule has 7 heterocycles. The van der Waals surface area contributed by atoms with E-state index >= 15 is 0 Å². The molecule has 0 aromatic carbocycles. The summed E-state index contributed by atoms with van der Waals surface area (Å²) in [5, 5.41) is 22.2. The minimum absolute atomic E-state index is 0.0177. The molecule has 22 nitrogen and oxygen atoms in total. The smallest absolute Gasteiger partial charge is 0.387 e. The van der Waals surface area contributed by atoms with Gasteiger partial charge in [-0.2, -0.15) is 4.98 Å². The number of aromatic nitrogens is 7. The Morgan fingerprint density at radius 1 is 0.889 bits per heavy atom. The number of ether oxygens (including phenoxy) is 2. The van der Waals surface area contributed by atoms with Crippen molar-refractivity contribution in [1.82, 2.24) is 34.1 Å². The zero-order valence-corrected chi connectivity index (χ0v) is 24.3. The molecule has 0 aliphatic carbocycles. The standard InChI is InChI=1S/C21H25N9O13P2/c22-15-10-17(25-5-24-15)30(6-26-10)19-12(32)13-9(41-19)4-39-45(36,37)43-14-11(31)8(3-38-44(34,35)42-13)40-20(14)29-2-1-7-16(29)27-21(23)28-18(7)33/h1-2,5-6,8-9,11-14,19-20,31-32H,3-4H2,(H,34,35)(H,36,37)(H2,22,24,25)(H3,23,27,28,33)/t8?,9?,11-,12-,13-,14-,19-,20-/m1/s1. The van der Waals surface area contributed by atoms with Crippen molar-refractivity contribution < 1.29 is 56.7 Å². The topological polar surface area (TPSA) is 317 Å². The number of H-pyrrole nitrogens is 1. The molecule has 4 aromatic rings. The summed E-state index contributed by atoms with van der Waals surface area (Å²) in [6, 6.07) is 1.36. The third-order valence-corrected chi connectivity index (χ3v) is 9.44. The fourth-order valence-electron chi connectivity index (χ4n) is 5.43. The first-order valence-corrected chi connectivity index (χ1v) is 16.1. The number of anilines is 2. The fraction of sp³-hybridized carbons (Fsp3) is 0.476. The summed E-state index contributed by atoms with van der Waals surface area (Å²) in [7, 11) is -10.1. The number of fused-ring (bicyclic) bond motifs is 5. The van der Waals surface area contributed by atoms with E-state index in [1.54, 1.807) is 0 Å². The lowest BCUT2D eigenvalue weighted by Gasteiger charge is -2.26. The van der Waals surface area contributed by atoms with Crippen LogP contribution in [0.1, 0.15) is 12.5 Å². The van der Waals surface area contributed by atoms with Crippen LogP contribution in [0.15, 0.2) is 29.7 Å². The van der Waals surface area contributed by atoms with Gasteiger partial charge in [-0.3, -0.25) is 32.4 Å². The summed E-state index contributed by atoms with van der Waals surface area (Å²) < 4.78 is 61.3. The average molecular weight is 673 g/mol. The molecule has 4 aromatic heterocycles. The summed E-state index contributed by atoms with van der Waals surface area (Å²) in [6.45, 7) is -1.62. The van der Waals surface area contributed by atoms with Crippen molar-refractivity contribution in [2.75, 3.05) is 24.7 Å². The van der Waals surface area contributed by atoms with Gasteiger partial charge in [-0.1, -0.05) is 0 Å². The Kier molecular flexibility index (Phi) is 7.32. The number of nitrogens with one attached hydrogen (secondary N) is 1. The van der Waals surface area contributed by atoms with E-state index in [0.29, 0.717) is 0 Å². The molecule has 3 fully saturated rings. The Balaban J connectivity index is 1.21. The SMILES string of the molecule is Nc1nc2c(ccn2[C@@H]2OC3COP(=O)(O)O[C@@H]4C(COP(=O)(O)O[C@@H]2[C@@H]3O)O[C@@H](n2cnc3c(N)ncnc32)[C@@H]4O)c(=O)[nH]1. The predicted octanol–water partition coefficient (Wildman–Crippen LogP) is -1.74. The van der Waals surface area contributed by atoms with Gasteiger partial charge >= 0.3 is 15.6 Å². The van der Waals surface area contributed by atoms with Crippen molar-refractivity contribution >= 4 is 49.6 Å². The van der Waals surface area contributed by atoms with Crippen LogP contribution in [0.5, 0.6) is 0 Å². The fourth-order valence-corrected chi connectivity index (χ4v) is 7.33. The van der Waals surface area contributed by atoms with Gasteiger partial charge in [-0.25, -0.2) is 24.1 Å². The molecule has 7 rings (SSSR count). The van der Waals surface area contributed by atoms with E-state index in [-0.39, 0.29) is 34.0 Å². The lowest BCUT2D eigenvalue weighted by molar-refractivity contribution is -0.0670. The van der Waals surface area contributed by atoms with Gasteiger partial charge in [0.05, 0.1) is 24.9 Å². The number of nitrogens with zero attached hydrogens (tertiary/aromatic N) is 6. The van der Waals surface area contributed by atoms with Crippen LogP contribution in [-0.2, 0) is 36.7 Å². The van der Waals surface area contributed by atoms with Crippen molar-refractivity contribution in [3.8, 4) is 0 Å². The quantitative estimate of drug-likeness (QED) is 0.116. The highest BCUT2D eigenvalue weighted by Crippen LogP contribution is 2.53. The molecule has 45 heavy (non-hydrogen) atoms.